The summed E-state index contributed by atoms with van der Waals surface area (Å²) < 4.78 is 0. The van der Waals surface area contributed by atoms with Gasteiger partial charge in [-0.2, -0.15) is 0 Å². The fraction of sp³-hybridized carbons (Fsp3) is 0.333. The summed E-state index contributed by atoms with van der Waals surface area (Å²) >= 11 is 0. The number of carbonyl (C=O) groups is 2. The van der Waals surface area contributed by atoms with E-state index in [1.807, 2.05) is 72.5 Å². The fourth-order valence-corrected chi connectivity index (χ4v) is 3.57. The van der Waals surface area contributed by atoms with Crippen LogP contribution in [0.2, 0.25) is 0 Å². The molecule has 0 atom stereocenters. The van der Waals surface area contributed by atoms with Gasteiger partial charge in [0.25, 0.3) is 0 Å². The van der Waals surface area contributed by atoms with Crippen molar-refractivity contribution in [1.82, 2.24) is 9.97 Å². The highest BCUT2D eigenvalue weighted by molar-refractivity contribution is 5.95. The van der Waals surface area contributed by atoms with Crippen molar-refractivity contribution in [3.8, 4) is 0 Å². The molecule has 0 fully saturated rings. The number of aromatic nitrogens is 2. The van der Waals surface area contributed by atoms with Gasteiger partial charge < -0.3 is 0 Å². The summed E-state index contributed by atoms with van der Waals surface area (Å²) in [7, 11) is 0. The van der Waals surface area contributed by atoms with Crippen LogP contribution in [-0.4, -0.2) is 21.5 Å². The van der Waals surface area contributed by atoms with Crippen LogP contribution in [0.3, 0.4) is 0 Å². The Kier molecular flexibility index (Phi) is 9.11. The van der Waals surface area contributed by atoms with Gasteiger partial charge in [0.2, 0.25) is 5.95 Å². The minimum atomic E-state index is 0.0729. The molecule has 0 spiro atoms. The maximum Gasteiger partial charge on any atom is 0.234 e. The maximum absolute atomic E-state index is 12.5. The Morgan fingerprint density at radius 1 is 0.719 bits per heavy atom. The Bertz CT molecular complexity index is 933. The molecule has 2 aromatic carbocycles. The Hall–Kier alpha value is -3.34. The summed E-state index contributed by atoms with van der Waals surface area (Å²) in [6, 6.07) is 19.9. The van der Waals surface area contributed by atoms with Crippen LogP contribution in [0.5, 0.6) is 0 Å². The smallest absolute Gasteiger partial charge is 0.234 e. The molecule has 1 aromatic heterocycles. The average Bonchev–Trinajstić information content (AvgIpc) is 2.85. The standard InChI is InChI=1S/C27H31N3O2/c1-2-25(31)18-12-4-3-5-13-19-26(32)22-20-28-27(29-21-22)30(23-14-8-6-9-15-23)24-16-10-7-11-17-24/h6-11,14-17,20-21H,2-5,12-13,18-19H2,1H3. The molecule has 0 radical (unpaired) electrons. The van der Waals surface area contributed by atoms with Crippen molar-refractivity contribution in [2.45, 2.75) is 58.3 Å². The van der Waals surface area contributed by atoms with E-state index in [4.69, 9.17) is 0 Å². The van der Waals surface area contributed by atoms with Crippen molar-refractivity contribution < 1.29 is 9.59 Å². The molecule has 0 saturated heterocycles. The van der Waals surface area contributed by atoms with Gasteiger partial charge in [-0.15, -0.1) is 0 Å². The lowest BCUT2D eigenvalue weighted by atomic mass is 10.0. The third kappa shape index (κ3) is 6.84. The number of Topliss-reactive ketones (excluding diaryl/α,β-unsaturated/α-hetero) is 2. The zero-order valence-corrected chi connectivity index (χ0v) is 18.7. The Labute approximate surface area is 190 Å². The molecule has 32 heavy (non-hydrogen) atoms. The van der Waals surface area contributed by atoms with Gasteiger partial charge in [0.1, 0.15) is 5.78 Å². The van der Waals surface area contributed by atoms with Crippen molar-refractivity contribution in [1.29, 1.82) is 0 Å². The number of ketones is 2. The largest absolute Gasteiger partial charge is 0.300 e. The summed E-state index contributed by atoms with van der Waals surface area (Å²) in [6.45, 7) is 1.91. The minimum Gasteiger partial charge on any atom is -0.300 e. The normalized spacial score (nSPS) is 10.7. The molecular formula is C27H31N3O2. The molecule has 0 bridgehead atoms. The number of para-hydroxylation sites is 2. The van der Waals surface area contributed by atoms with E-state index in [1.165, 1.54) is 0 Å². The SMILES string of the molecule is CCC(=O)CCCCCCCC(=O)c1cnc(N(c2ccccc2)c2ccccc2)nc1. The van der Waals surface area contributed by atoms with Crippen LogP contribution in [0.1, 0.15) is 68.6 Å². The highest BCUT2D eigenvalue weighted by Gasteiger charge is 2.15. The van der Waals surface area contributed by atoms with E-state index >= 15 is 0 Å². The molecule has 166 valence electrons. The predicted octanol–water partition coefficient (Wildman–Crippen LogP) is 6.84. The lowest BCUT2D eigenvalue weighted by Gasteiger charge is -2.22. The van der Waals surface area contributed by atoms with E-state index in [1.54, 1.807) is 12.4 Å². The summed E-state index contributed by atoms with van der Waals surface area (Å²) in [5, 5.41) is 0. The Balaban J connectivity index is 1.56. The monoisotopic (exact) mass is 429 g/mol. The Morgan fingerprint density at radius 3 is 1.75 bits per heavy atom. The summed E-state index contributed by atoms with van der Waals surface area (Å²) in [5.74, 6) is 0.936. The van der Waals surface area contributed by atoms with Gasteiger partial charge >= 0.3 is 0 Å². The molecule has 0 unspecified atom stereocenters. The topological polar surface area (TPSA) is 63.2 Å². The van der Waals surface area contributed by atoms with Crippen LogP contribution in [0.25, 0.3) is 0 Å². The van der Waals surface area contributed by atoms with Gasteiger partial charge in [0.05, 0.1) is 5.56 Å². The van der Waals surface area contributed by atoms with Crippen LogP contribution < -0.4 is 4.90 Å². The van der Waals surface area contributed by atoms with Crippen molar-refractivity contribution in [2.75, 3.05) is 4.90 Å². The van der Waals surface area contributed by atoms with E-state index in [2.05, 4.69) is 9.97 Å². The molecule has 1 heterocycles. The van der Waals surface area contributed by atoms with Crippen LogP contribution in [-0.2, 0) is 4.79 Å². The number of nitrogens with zero attached hydrogens (tertiary/aromatic N) is 3. The van der Waals surface area contributed by atoms with Gasteiger partial charge in [-0.1, -0.05) is 62.6 Å². The van der Waals surface area contributed by atoms with Gasteiger partial charge in [0, 0.05) is 43.0 Å². The number of carbonyl (C=O) groups excluding carboxylic acids is 2. The third-order valence-electron chi connectivity index (χ3n) is 5.44. The first-order valence-electron chi connectivity index (χ1n) is 11.5. The number of rotatable bonds is 13. The zero-order chi connectivity index (χ0) is 22.6. The average molecular weight is 430 g/mol. The van der Waals surface area contributed by atoms with Crippen LogP contribution >= 0.6 is 0 Å². The van der Waals surface area contributed by atoms with E-state index < -0.39 is 0 Å². The number of hydrogen-bond acceptors (Lipinski definition) is 5. The molecule has 0 saturated carbocycles. The van der Waals surface area contributed by atoms with Crippen molar-refractivity contribution in [2.24, 2.45) is 0 Å². The van der Waals surface area contributed by atoms with E-state index in [0.717, 1.165) is 43.5 Å². The second-order valence-corrected chi connectivity index (χ2v) is 7.86. The van der Waals surface area contributed by atoms with Crippen LogP contribution in [0, 0.1) is 0 Å². The molecule has 3 rings (SSSR count). The molecule has 5 nitrogen and oxygen atoms in total. The predicted molar refractivity (Wildman–Crippen MR) is 129 cm³/mol. The minimum absolute atomic E-state index is 0.0729. The van der Waals surface area contributed by atoms with E-state index in [9.17, 15) is 9.59 Å². The van der Waals surface area contributed by atoms with Gasteiger partial charge in [0.15, 0.2) is 5.78 Å². The molecule has 5 heteroatoms. The van der Waals surface area contributed by atoms with Crippen molar-refractivity contribution in [3.05, 3.63) is 78.6 Å². The molecule has 0 N–H and O–H groups in total. The summed E-state index contributed by atoms with van der Waals surface area (Å²) in [6.07, 6.45) is 9.97. The Morgan fingerprint density at radius 2 is 1.22 bits per heavy atom. The molecule has 0 aliphatic heterocycles. The molecule has 0 aliphatic carbocycles. The number of benzene rings is 2. The quantitative estimate of drug-likeness (QED) is 0.220. The second-order valence-electron chi connectivity index (χ2n) is 7.86. The number of anilines is 3. The van der Waals surface area contributed by atoms with Gasteiger partial charge in [-0.05, 0) is 37.1 Å². The second kappa shape index (κ2) is 12.5. The number of unbranched alkanes of at least 4 members (excludes halogenated alkanes) is 4. The third-order valence-corrected chi connectivity index (χ3v) is 5.44. The van der Waals surface area contributed by atoms with Crippen molar-refractivity contribution in [3.63, 3.8) is 0 Å². The molecule has 0 aliphatic rings. The zero-order valence-electron chi connectivity index (χ0n) is 18.7. The highest BCUT2D eigenvalue weighted by atomic mass is 16.1. The lowest BCUT2D eigenvalue weighted by molar-refractivity contribution is -0.118. The first kappa shape index (κ1) is 23.3. The summed E-state index contributed by atoms with van der Waals surface area (Å²) in [5.41, 5.74) is 2.46. The van der Waals surface area contributed by atoms with Gasteiger partial charge in [-0.3, -0.25) is 14.5 Å². The van der Waals surface area contributed by atoms with E-state index in [0.29, 0.717) is 36.6 Å². The molecular weight excluding hydrogens is 398 g/mol. The molecule has 3 aromatic rings. The first-order chi connectivity index (χ1) is 15.7. The maximum atomic E-state index is 12.5. The van der Waals surface area contributed by atoms with Crippen LogP contribution in [0.15, 0.2) is 73.1 Å². The van der Waals surface area contributed by atoms with Crippen molar-refractivity contribution >= 4 is 28.9 Å². The van der Waals surface area contributed by atoms with E-state index in [-0.39, 0.29) is 5.78 Å². The van der Waals surface area contributed by atoms with Gasteiger partial charge in [-0.25, -0.2) is 9.97 Å². The number of hydrogen-bond donors (Lipinski definition) is 0. The molecule has 0 amide bonds. The van der Waals surface area contributed by atoms with Crippen LogP contribution in [0.4, 0.5) is 17.3 Å². The highest BCUT2D eigenvalue weighted by Crippen LogP contribution is 2.31. The summed E-state index contributed by atoms with van der Waals surface area (Å²) in [4.78, 5) is 34.8. The fourth-order valence-electron chi connectivity index (χ4n) is 3.57. The first-order valence-corrected chi connectivity index (χ1v) is 11.5. The lowest BCUT2D eigenvalue weighted by Crippen LogP contribution is -2.14.